The molecule has 2 aliphatic rings. The summed E-state index contributed by atoms with van der Waals surface area (Å²) < 4.78 is 34.5. The van der Waals surface area contributed by atoms with Crippen LogP contribution in [0.15, 0.2) is 35.5 Å². The van der Waals surface area contributed by atoms with Crippen LogP contribution in [0.3, 0.4) is 0 Å². The third-order valence-electron chi connectivity index (χ3n) is 6.56. The SMILES string of the molecule is CCn1cnc2c(Nc3ccc(S(=O)(=O)N4CCOCC4)cc3)nc(NC3CCC(O)CC3)nc21. The second kappa shape index (κ2) is 10.1. The average Bonchev–Trinajstić information content (AvgIpc) is 3.30. The number of anilines is 3. The first-order chi connectivity index (χ1) is 16.9. The summed E-state index contributed by atoms with van der Waals surface area (Å²) in [5.41, 5.74) is 2.06. The van der Waals surface area contributed by atoms with Crippen molar-refractivity contribution in [1.82, 2.24) is 23.8 Å². The van der Waals surface area contributed by atoms with Gasteiger partial charge in [-0.2, -0.15) is 14.3 Å². The number of fused-ring (bicyclic) bond motifs is 1. The molecule has 0 atom stereocenters. The molecule has 12 heteroatoms. The number of hydrogen-bond donors (Lipinski definition) is 3. The van der Waals surface area contributed by atoms with Crippen LogP contribution >= 0.6 is 0 Å². The Labute approximate surface area is 204 Å². The van der Waals surface area contributed by atoms with Gasteiger partial charge in [-0.05, 0) is 56.9 Å². The molecule has 1 aliphatic carbocycles. The molecule has 0 bridgehead atoms. The highest BCUT2D eigenvalue weighted by atomic mass is 32.2. The number of nitrogens with one attached hydrogen (secondary N) is 2. The number of ether oxygens (including phenoxy) is 1. The molecule has 5 rings (SSSR count). The van der Waals surface area contributed by atoms with Gasteiger partial charge in [0.05, 0.1) is 30.5 Å². The molecule has 3 heterocycles. The summed E-state index contributed by atoms with van der Waals surface area (Å²) in [6.45, 7) is 4.28. The molecular weight excluding hydrogens is 470 g/mol. The summed E-state index contributed by atoms with van der Waals surface area (Å²) in [4.78, 5) is 14.1. The second-order valence-corrected chi connectivity index (χ2v) is 10.9. The smallest absolute Gasteiger partial charge is 0.243 e. The monoisotopic (exact) mass is 501 g/mol. The highest BCUT2D eigenvalue weighted by molar-refractivity contribution is 7.89. The van der Waals surface area contributed by atoms with Crippen LogP contribution in [-0.4, -0.2) is 75.8 Å². The number of sulfonamides is 1. The van der Waals surface area contributed by atoms with E-state index in [-0.39, 0.29) is 17.0 Å². The van der Waals surface area contributed by atoms with Gasteiger partial charge in [0.15, 0.2) is 17.0 Å². The number of aliphatic hydroxyl groups excluding tert-OH is 1. The van der Waals surface area contributed by atoms with Crippen molar-refractivity contribution in [2.45, 2.75) is 56.2 Å². The summed E-state index contributed by atoms with van der Waals surface area (Å²) >= 11 is 0. The number of morpholine rings is 1. The molecule has 1 aliphatic heterocycles. The van der Waals surface area contributed by atoms with Gasteiger partial charge in [0, 0.05) is 31.4 Å². The van der Waals surface area contributed by atoms with Crippen molar-refractivity contribution in [1.29, 1.82) is 0 Å². The molecule has 188 valence electrons. The predicted molar refractivity (Wildman–Crippen MR) is 132 cm³/mol. The van der Waals surface area contributed by atoms with Gasteiger partial charge >= 0.3 is 0 Å². The largest absolute Gasteiger partial charge is 0.393 e. The Hall–Kier alpha value is -2.80. The van der Waals surface area contributed by atoms with Crippen LogP contribution in [0.25, 0.3) is 11.2 Å². The van der Waals surface area contributed by atoms with E-state index in [1.807, 2.05) is 11.5 Å². The minimum Gasteiger partial charge on any atom is -0.393 e. The van der Waals surface area contributed by atoms with E-state index in [1.54, 1.807) is 30.6 Å². The van der Waals surface area contributed by atoms with Crippen molar-refractivity contribution >= 4 is 38.6 Å². The van der Waals surface area contributed by atoms with Gasteiger partial charge in [-0.25, -0.2) is 13.4 Å². The molecule has 3 aromatic rings. The molecule has 2 aromatic heterocycles. The molecule has 1 aromatic carbocycles. The van der Waals surface area contributed by atoms with E-state index >= 15 is 0 Å². The Morgan fingerprint density at radius 1 is 1.09 bits per heavy atom. The molecule has 35 heavy (non-hydrogen) atoms. The molecule has 2 fully saturated rings. The Balaban J connectivity index is 1.39. The van der Waals surface area contributed by atoms with Crippen LogP contribution in [0, 0.1) is 0 Å². The topological polar surface area (TPSA) is 134 Å². The maximum atomic E-state index is 12.9. The third-order valence-corrected chi connectivity index (χ3v) is 8.47. The van der Waals surface area contributed by atoms with Gasteiger partial charge in [0.25, 0.3) is 0 Å². The quantitative estimate of drug-likeness (QED) is 0.446. The summed E-state index contributed by atoms with van der Waals surface area (Å²) in [6.07, 6.45) is 4.75. The van der Waals surface area contributed by atoms with E-state index in [2.05, 4.69) is 20.6 Å². The van der Waals surface area contributed by atoms with E-state index in [4.69, 9.17) is 9.72 Å². The molecule has 0 unspecified atom stereocenters. The molecule has 11 nitrogen and oxygen atoms in total. The standard InChI is InChI=1S/C23H31N7O4S/c1-2-29-15-24-20-21(27-23(28-22(20)29)26-17-3-7-18(31)8-4-17)25-16-5-9-19(10-6-16)35(32,33)30-11-13-34-14-12-30/h5-6,9-10,15,17-18,31H,2-4,7-8,11-14H2,1H3,(H2,25,26,27,28). The van der Waals surface area contributed by atoms with E-state index in [1.165, 1.54) is 4.31 Å². The van der Waals surface area contributed by atoms with E-state index in [9.17, 15) is 13.5 Å². The first-order valence-electron chi connectivity index (χ1n) is 12.1. The van der Waals surface area contributed by atoms with E-state index < -0.39 is 10.0 Å². The molecule has 0 amide bonds. The zero-order valence-electron chi connectivity index (χ0n) is 19.7. The Morgan fingerprint density at radius 3 is 2.49 bits per heavy atom. The second-order valence-electron chi connectivity index (χ2n) is 8.91. The lowest BCUT2D eigenvalue weighted by atomic mass is 9.93. The number of hydrogen-bond acceptors (Lipinski definition) is 9. The highest BCUT2D eigenvalue weighted by Gasteiger charge is 2.26. The van der Waals surface area contributed by atoms with Gasteiger partial charge in [-0.1, -0.05) is 0 Å². The number of imidazole rings is 1. The van der Waals surface area contributed by atoms with Gasteiger partial charge < -0.3 is 25.0 Å². The number of benzene rings is 1. The van der Waals surface area contributed by atoms with Crippen molar-refractivity contribution in [2.24, 2.45) is 0 Å². The minimum atomic E-state index is -3.56. The van der Waals surface area contributed by atoms with Crippen molar-refractivity contribution < 1.29 is 18.3 Å². The summed E-state index contributed by atoms with van der Waals surface area (Å²) in [5.74, 6) is 1.05. The van der Waals surface area contributed by atoms with Crippen LogP contribution in [0.2, 0.25) is 0 Å². The average molecular weight is 502 g/mol. The number of aliphatic hydroxyl groups is 1. The van der Waals surface area contributed by atoms with Crippen molar-refractivity contribution in [3.63, 3.8) is 0 Å². The van der Waals surface area contributed by atoms with Crippen LogP contribution in [0.1, 0.15) is 32.6 Å². The number of nitrogens with zero attached hydrogens (tertiary/aromatic N) is 5. The predicted octanol–water partition coefficient (Wildman–Crippen LogP) is 2.33. The summed E-state index contributed by atoms with van der Waals surface area (Å²) in [5, 5.41) is 16.5. The fourth-order valence-corrected chi connectivity index (χ4v) is 5.92. The zero-order valence-corrected chi connectivity index (χ0v) is 20.5. The number of rotatable bonds is 7. The summed E-state index contributed by atoms with van der Waals surface area (Å²) in [7, 11) is -3.56. The first-order valence-corrected chi connectivity index (χ1v) is 13.5. The summed E-state index contributed by atoms with van der Waals surface area (Å²) in [6, 6.07) is 6.86. The maximum absolute atomic E-state index is 12.9. The van der Waals surface area contributed by atoms with Gasteiger partial charge in [0.1, 0.15) is 0 Å². The van der Waals surface area contributed by atoms with E-state index in [0.29, 0.717) is 49.3 Å². The molecule has 0 radical (unpaired) electrons. The van der Waals surface area contributed by atoms with Crippen molar-refractivity contribution in [2.75, 3.05) is 36.9 Å². The van der Waals surface area contributed by atoms with Crippen molar-refractivity contribution in [3.8, 4) is 0 Å². The third kappa shape index (κ3) is 5.10. The molecular formula is C23H31N7O4S. The van der Waals surface area contributed by atoms with Gasteiger partial charge in [0.2, 0.25) is 16.0 Å². The van der Waals surface area contributed by atoms with E-state index in [0.717, 1.165) is 37.9 Å². The fourth-order valence-electron chi connectivity index (χ4n) is 4.51. The molecule has 1 saturated heterocycles. The molecule has 0 spiro atoms. The van der Waals surface area contributed by atoms with Gasteiger partial charge in [-0.15, -0.1) is 0 Å². The zero-order chi connectivity index (χ0) is 24.4. The minimum absolute atomic E-state index is 0.200. The Kier molecular flexibility index (Phi) is 6.87. The lowest BCUT2D eigenvalue weighted by Crippen LogP contribution is -2.40. The lowest BCUT2D eigenvalue weighted by Gasteiger charge is -2.26. The Bertz CT molecular complexity index is 1270. The highest BCUT2D eigenvalue weighted by Crippen LogP contribution is 2.27. The van der Waals surface area contributed by atoms with Crippen LogP contribution in [0.4, 0.5) is 17.5 Å². The number of aryl methyl sites for hydroxylation is 1. The molecule has 3 N–H and O–H groups in total. The Morgan fingerprint density at radius 2 is 1.80 bits per heavy atom. The van der Waals surface area contributed by atoms with Crippen molar-refractivity contribution in [3.05, 3.63) is 30.6 Å². The lowest BCUT2D eigenvalue weighted by molar-refractivity contribution is 0.0730. The van der Waals surface area contributed by atoms with Crippen LogP contribution in [0.5, 0.6) is 0 Å². The van der Waals surface area contributed by atoms with Crippen LogP contribution in [-0.2, 0) is 21.3 Å². The molecule has 1 saturated carbocycles. The maximum Gasteiger partial charge on any atom is 0.243 e. The fraction of sp³-hybridized carbons (Fsp3) is 0.522. The van der Waals surface area contributed by atoms with Crippen LogP contribution < -0.4 is 10.6 Å². The van der Waals surface area contributed by atoms with Gasteiger partial charge in [-0.3, -0.25) is 0 Å². The number of aromatic nitrogens is 4. The first kappa shape index (κ1) is 23.9. The normalized spacial score (nSPS) is 21.8.